The molecule has 0 unspecified atom stereocenters. The fourth-order valence-electron chi connectivity index (χ4n) is 4.29. The van der Waals surface area contributed by atoms with Gasteiger partial charge in [0, 0.05) is 13.1 Å². The summed E-state index contributed by atoms with van der Waals surface area (Å²) in [5.41, 5.74) is 4.58. The molecule has 0 saturated heterocycles. The molecule has 0 atom stereocenters. The van der Waals surface area contributed by atoms with E-state index in [0.717, 1.165) is 37.7 Å². The van der Waals surface area contributed by atoms with Crippen molar-refractivity contribution >= 4 is 5.97 Å². The molecule has 0 N–H and O–H groups in total. The zero-order valence-corrected chi connectivity index (χ0v) is 18.3. The summed E-state index contributed by atoms with van der Waals surface area (Å²) in [4.78, 5) is 26.4. The number of carbonyl (C=O) groups is 1. The van der Waals surface area contributed by atoms with Crippen LogP contribution < -0.4 is 10.3 Å². The zero-order chi connectivity index (χ0) is 20.9. The second-order valence-corrected chi connectivity index (χ2v) is 9.59. The number of aryl methyl sites for hydroxylation is 2. The quantitative estimate of drug-likeness (QED) is 0.697. The van der Waals surface area contributed by atoms with Gasteiger partial charge in [-0.05, 0) is 82.4 Å². The molecule has 5 nitrogen and oxygen atoms in total. The molecule has 2 heterocycles. The average molecular weight is 397 g/mol. The fraction of sp³-hybridized carbons (Fsp3) is 0.583. The van der Waals surface area contributed by atoms with Crippen LogP contribution in [0.4, 0.5) is 0 Å². The van der Waals surface area contributed by atoms with E-state index < -0.39 is 5.41 Å². The Kier molecular flexibility index (Phi) is 4.96. The van der Waals surface area contributed by atoms with Crippen LogP contribution in [0.1, 0.15) is 76.0 Å². The van der Waals surface area contributed by atoms with E-state index in [4.69, 9.17) is 4.74 Å². The summed E-state index contributed by atoms with van der Waals surface area (Å²) in [5.74, 6) is 0.640. The molecule has 0 bridgehead atoms. The molecular weight excluding hydrogens is 364 g/mol. The molecule has 156 valence electrons. The van der Waals surface area contributed by atoms with Crippen molar-refractivity contribution in [2.45, 2.75) is 85.7 Å². The minimum absolute atomic E-state index is 0.0261. The predicted molar refractivity (Wildman–Crippen MR) is 115 cm³/mol. The highest BCUT2D eigenvalue weighted by atomic mass is 16.5. The number of esters is 1. The highest BCUT2D eigenvalue weighted by Crippen LogP contribution is 2.47. The van der Waals surface area contributed by atoms with Gasteiger partial charge in [0.1, 0.15) is 5.56 Å². The maximum absolute atomic E-state index is 13.6. The number of aromatic nitrogens is 2. The van der Waals surface area contributed by atoms with Crippen molar-refractivity contribution in [1.82, 2.24) is 9.36 Å². The van der Waals surface area contributed by atoms with Crippen LogP contribution in [0.15, 0.2) is 16.9 Å². The third-order valence-corrected chi connectivity index (χ3v) is 6.02. The number of nitrogens with zero attached hydrogens (tertiary/aromatic N) is 2. The summed E-state index contributed by atoms with van der Waals surface area (Å²) in [7, 11) is 0. The lowest BCUT2D eigenvalue weighted by Gasteiger charge is -2.22. The first-order chi connectivity index (χ1) is 13.7. The molecule has 1 aliphatic heterocycles. The lowest BCUT2D eigenvalue weighted by Crippen LogP contribution is -2.29. The summed E-state index contributed by atoms with van der Waals surface area (Å²) >= 11 is 0. The van der Waals surface area contributed by atoms with Crippen molar-refractivity contribution in [3.8, 4) is 17.0 Å². The van der Waals surface area contributed by atoms with E-state index in [1.165, 1.54) is 16.7 Å². The van der Waals surface area contributed by atoms with E-state index in [-0.39, 0.29) is 11.5 Å². The second kappa shape index (κ2) is 7.19. The first kappa shape index (κ1) is 20.0. The topological polar surface area (TPSA) is 53.2 Å². The third-order valence-electron chi connectivity index (χ3n) is 6.02. The Hall–Kier alpha value is -2.30. The number of ether oxygens (including phenoxy) is 1. The molecule has 0 radical (unpaired) electrons. The molecule has 4 rings (SSSR count). The van der Waals surface area contributed by atoms with E-state index in [0.29, 0.717) is 30.5 Å². The normalized spacial score (nSPS) is 16.6. The van der Waals surface area contributed by atoms with Gasteiger partial charge in [0.2, 0.25) is 5.88 Å². The van der Waals surface area contributed by atoms with Crippen molar-refractivity contribution in [1.29, 1.82) is 0 Å². The SMILES string of the molecule is CCc1cc(C)cc(C2CC2)c1-c1c(OC(=O)C(C)(C)C)n2n(c1=O)CCCC2. The number of hydrogen-bond donors (Lipinski definition) is 0. The number of hydrogen-bond acceptors (Lipinski definition) is 3. The summed E-state index contributed by atoms with van der Waals surface area (Å²) in [6.45, 7) is 11.2. The van der Waals surface area contributed by atoms with Gasteiger partial charge in [0.15, 0.2) is 0 Å². The molecule has 2 aromatic rings. The van der Waals surface area contributed by atoms with Crippen LogP contribution in [0, 0.1) is 12.3 Å². The van der Waals surface area contributed by atoms with Gasteiger partial charge >= 0.3 is 5.97 Å². The van der Waals surface area contributed by atoms with E-state index >= 15 is 0 Å². The Morgan fingerprint density at radius 3 is 2.34 bits per heavy atom. The van der Waals surface area contributed by atoms with E-state index in [1.54, 1.807) is 4.68 Å². The molecule has 2 aliphatic rings. The maximum Gasteiger partial charge on any atom is 0.317 e. The molecule has 1 saturated carbocycles. The van der Waals surface area contributed by atoms with Crippen molar-refractivity contribution in [3.63, 3.8) is 0 Å². The van der Waals surface area contributed by atoms with Gasteiger partial charge in [-0.3, -0.25) is 14.3 Å². The van der Waals surface area contributed by atoms with Crippen molar-refractivity contribution in [2.75, 3.05) is 0 Å². The minimum atomic E-state index is -0.634. The van der Waals surface area contributed by atoms with E-state index in [2.05, 4.69) is 26.0 Å². The summed E-state index contributed by atoms with van der Waals surface area (Å²) in [6.07, 6.45) is 5.11. The molecule has 29 heavy (non-hydrogen) atoms. The number of fused-ring (bicyclic) bond motifs is 1. The molecule has 1 fully saturated rings. The lowest BCUT2D eigenvalue weighted by molar-refractivity contribution is -0.143. The summed E-state index contributed by atoms with van der Waals surface area (Å²) in [5, 5.41) is 0. The molecule has 0 amide bonds. The Morgan fingerprint density at radius 1 is 1.10 bits per heavy atom. The van der Waals surface area contributed by atoms with Crippen LogP contribution in [-0.4, -0.2) is 15.3 Å². The Labute approximate surface area is 172 Å². The first-order valence-corrected chi connectivity index (χ1v) is 10.9. The molecule has 1 aromatic carbocycles. The zero-order valence-electron chi connectivity index (χ0n) is 18.3. The number of benzene rings is 1. The highest BCUT2D eigenvalue weighted by molar-refractivity contribution is 5.82. The van der Waals surface area contributed by atoms with E-state index in [1.807, 2.05) is 25.5 Å². The number of carbonyl (C=O) groups excluding carboxylic acids is 1. The number of rotatable bonds is 4. The second-order valence-electron chi connectivity index (χ2n) is 9.59. The van der Waals surface area contributed by atoms with Gasteiger partial charge in [0.25, 0.3) is 5.56 Å². The Morgan fingerprint density at radius 2 is 1.76 bits per heavy atom. The van der Waals surface area contributed by atoms with Crippen molar-refractivity contribution in [2.24, 2.45) is 5.41 Å². The molecule has 1 aromatic heterocycles. The largest absolute Gasteiger partial charge is 0.407 e. The van der Waals surface area contributed by atoms with Crippen LogP contribution in [0.5, 0.6) is 5.88 Å². The highest BCUT2D eigenvalue weighted by Gasteiger charge is 2.35. The van der Waals surface area contributed by atoms with Crippen LogP contribution >= 0.6 is 0 Å². The molecule has 0 spiro atoms. The fourth-order valence-corrected chi connectivity index (χ4v) is 4.29. The minimum Gasteiger partial charge on any atom is -0.407 e. The smallest absolute Gasteiger partial charge is 0.317 e. The van der Waals surface area contributed by atoms with Crippen LogP contribution in [0.2, 0.25) is 0 Å². The van der Waals surface area contributed by atoms with Crippen LogP contribution in [-0.2, 0) is 24.3 Å². The van der Waals surface area contributed by atoms with Gasteiger partial charge in [-0.15, -0.1) is 0 Å². The van der Waals surface area contributed by atoms with E-state index in [9.17, 15) is 9.59 Å². The average Bonchev–Trinajstić information content (AvgIpc) is 3.48. The molecule has 1 aliphatic carbocycles. The lowest BCUT2D eigenvalue weighted by atomic mass is 9.90. The summed E-state index contributed by atoms with van der Waals surface area (Å²) in [6, 6.07) is 4.40. The van der Waals surface area contributed by atoms with Gasteiger partial charge in [0.05, 0.1) is 5.41 Å². The van der Waals surface area contributed by atoms with Gasteiger partial charge in [-0.25, -0.2) is 4.68 Å². The van der Waals surface area contributed by atoms with Gasteiger partial charge in [-0.1, -0.05) is 24.6 Å². The van der Waals surface area contributed by atoms with Crippen LogP contribution in [0.25, 0.3) is 11.1 Å². The van der Waals surface area contributed by atoms with Crippen LogP contribution in [0.3, 0.4) is 0 Å². The predicted octanol–water partition coefficient (Wildman–Crippen LogP) is 4.81. The Bertz CT molecular complexity index is 1020. The van der Waals surface area contributed by atoms with Crippen molar-refractivity contribution in [3.05, 3.63) is 39.2 Å². The van der Waals surface area contributed by atoms with Gasteiger partial charge < -0.3 is 4.74 Å². The van der Waals surface area contributed by atoms with Crippen molar-refractivity contribution < 1.29 is 9.53 Å². The summed E-state index contributed by atoms with van der Waals surface area (Å²) < 4.78 is 9.65. The standard InChI is InChI=1S/C24H32N2O3/c1-6-16-13-15(2)14-18(17-9-10-17)19(16)20-21(27)25-11-7-8-12-26(25)22(20)29-23(28)24(3,4)5/h13-14,17H,6-12H2,1-5H3. The van der Waals surface area contributed by atoms with Gasteiger partial charge in [-0.2, -0.15) is 0 Å². The molecule has 5 heteroatoms. The maximum atomic E-state index is 13.6. The first-order valence-electron chi connectivity index (χ1n) is 10.9. The molecular formula is C24H32N2O3. The Balaban J connectivity index is 1.99. The monoisotopic (exact) mass is 396 g/mol. The third kappa shape index (κ3) is 3.56.